The van der Waals surface area contributed by atoms with Crippen molar-refractivity contribution < 1.29 is 0 Å². The van der Waals surface area contributed by atoms with Crippen LogP contribution in [0.15, 0.2) is 48.5 Å². The van der Waals surface area contributed by atoms with Crippen LogP contribution in [0.25, 0.3) is 0 Å². The van der Waals surface area contributed by atoms with Gasteiger partial charge in [0.15, 0.2) is 0 Å². The Hall–Kier alpha value is -1.60. The molecule has 2 aromatic carbocycles. The van der Waals surface area contributed by atoms with Gasteiger partial charge in [-0.05, 0) is 36.1 Å². The highest BCUT2D eigenvalue weighted by Crippen LogP contribution is 2.22. The molecule has 0 spiro atoms. The molecule has 106 valence electrons. The molecule has 0 saturated heterocycles. The van der Waals surface area contributed by atoms with Crippen LogP contribution >= 0.6 is 0 Å². The molecule has 1 N–H and O–H groups in total. The van der Waals surface area contributed by atoms with Crippen molar-refractivity contribution in [2.75, 3.05) is 6.54 Å². The van der Waals surface area contributed by atoms with Gasteiger partial charge in [0.25, 0.3) is 0 Å². The predicted octanol–water partition coefficient (Wildman–Crippen LogP) is 4.37. The van der Waals surface area contributed by atoms with Crippen molar-refractivity contribution in [3.63, 3.8) is 0 Å². The number of aryl methyl sites for hydroxylation is 1. The van der Waals surface area contributed by atoms with Gasteiger partial charge in [0.05, 0.1) is 0 Å². The third-order valence-electron chi connectivity index (χ3n) is 4.15. The second kappa shape index (κ2) is 6.23. The van der Waals surface area contributed by atoms with Gasteiger partial charge >= 0.3 is 0 Å². The number of rotatable bonds is 5. The fourth-order valence-corrected chi connectivity index (χ4v) is 2.50. The van der Waals surface area contributed by atoms with Crippen molar-refractivity contribution in [3.05, 3.63) is 70.8 Å². The zero-order chi connectivity index (χ0) is 14.6. The molecule has 1 nitrogen and oxygen atoms in total. The zero-order valence-corrected chi connectivity index (χ0v) is 13.0. The molecule has 0 saturated carbocycles. The summed E-state index contributed by atoms with van der Waals surface area (Å²) in [7, 11) is 0. The largest absolute Gasteiger partial charge is 0.312 e. The second-order valence-electron chi connectivity index (χ2n) is 6.21. The van der Waals surface area contributed by atoms with Crippen LogP contribution < -0.4 is 5.32 Å². The molecular formula is C19H25N. The summed E-state index contributed by atoms with van der Waals surface area (Å²) in [5.41, 5.74) is 5.70. The van der Waals surface area contributed by atoms with Gasteiger partial charge in [-0.15, -0.1) is 0 Å². The number of hydrogen-bond acceptors (Lipinski definition) is 1. The third kappa shape index (κ3) is 3.49. The maximum absolute atomic E-state index is 3.61. The van der Waals surface area contributed by atoms with E-state index in [-0.39, 0.29) is 5.41 Å². The fourth-order valence-electron chi connectivity index (χ4n) is 2.50. The molecule has 1 heteroatoms. The molecule has 0 aliphatic rings. The summed E-state index contributed by atoms with van der Waals surface area (Å²) < 4.78 is 0. The Bertz CT molecular complexity index is 555. The standard InChI is InChI=1S/C19H25N/c1-15-9-8-10-17(16(15)2)13-20-14-19(3,4)18-11-6-5-7-12-18/h5-12,20H,13-14H2,1-4H3. The van der Waals surface area contributed by atoms with E-state index < -0.39 is 0 Å². The summed E-state index contributed by atoms with van der Waals surface area (Å²) in [6, 6.07) is 17.2. The van der Waals surface area contributed by atoms with E-state index in [0.29, 0.717) is 0 Å². The molecule has 0 amide bonds. The molecule has 2 rings (SSSR count). The maximum Gasteiger partial charge on any atom is 0.0208 e. The summed E-state index contributed by atoms with van der Waals surface area (Å²) in [5.74, 6) is 0. The first-order chi connectivity index (χ1) is 9.50. The van der Waals surface area contributed by atoms with Crippen molar-refractivity contribution >= 4 is 0 Å². The Kier molecular flexibility index (Phi) is 4.61. The molecule has 20 heavy (non-hydrogen) atoms. The van der Waals surface area contributed by atoms with E-state index in [1.165, 1.54) is 22.3 Å². The minimum Gasteiger partial charge on any atom is -0.312 e. The summed E-state index contributed by atoms with van der Waals surface area (Å²) >= 11 is 0. The van der Waals surface area contributed by atoms with E-state index >= 15 is 0 Å². The molecule has 0 aliphatic carbocycles. The highest BCUT2D eigenvalue weighted by molar-refractivity contribution is 5.33. The third-order valence-corrected chi connectivity index (χ3v) is 4.15. The topological polar surface area (TPSA) is 12.0 Å². The lowest BCUT2D eigenvalue weighted by atomic mass is 9.84. The summed E-state index contributed by atoms with van der Waals surface area (Å²) in [6.45, 7) is 10.9. The van der Waals surface area contributed by atoms with E-state index in [4.69, 9.17) is 0 Å². The first-order valence-corrected chi connectivity index (χ1v) is 7.32. The highest BCUT2D eigenvalue weighted by Gasteiger charge is 2.19. The molecule has 0 heterocycles. The van der Waals surface area contributed by atoms with Gasteiger partial charge in [0.1, 0.15) is 0 Å². The van der Waals surface area contributed by atoms with Crippen molar-refractivity contribution in [1.29, 1.82) is 0 Å². The van der Waals surface area contributed by atoms with Gasteiger partial charge in [-0.3, -0.25) is 0 Å². The van der Waals surface area contributed by atoms with Crippen LogP contribution in [0.4, 0.5) is 0 Å². The second-order valence-corrected chi connectivity index (χ2v) is 6.21. The minimum absolute atomic E-state index is 0.152. The Morgan fingerprint density at radius 1 is 0.900 bits per heavy atom. The Balaban J connectivity index is 1.97. The average Bonchev–Trinajstić information content (AvgIpc) is 2.44. The Labute approximate surface area is 123 Å². The monoisotopic (exact) mass is 267 g/mol. The van der Waals surface area contributed by atoms with Crippen molar-refractivity contribution in [2.45, 2.75) is 39.7 Å². The molecule has 0 bridgehead atoms. The van der Waals surface area contributed by atoms with Gasteiger partial charge in [-0.2, -0.15) is 0 Å². The summed E-state index contributed by atoms with van der Waals surface area (Å²) in [4.78, 5) is 0. The first-order valence-electron chi connectivity index (χ1n) is 7.32. The predicted molar refractivity (Wildman–Crippen MR) is 87.1 cm³/mol. The lowest BCUT2D eigenvalue weighted by Crippen LogP contribution is -2.32. The van der Waals surface area contributed by atoms with Crippen molar-refractivity contribution in [1.82, 2.24) is 5.32 Å². The van der Waals surface area contributed by atoms with Crippen LogP contribution in [0.1, 0.15) is 36.1 Å². The number of hydrogen-bond donors (Lipinski definition) is 1. The van der Waals surface area contributed by atoms with Gasteiger partial charge in [-0.25, -0.2) is 0 Å². The van der Waals surface area contributed by atoms with Crippen LogP contribution in [0.3, 0.4) is 0 Å². The maximum atomic E-state index is 3.61. The van der Waals surface area contributed by atoms with E-state index in [1.54, 1.807) is 0 Å². The Morgan fingerprint density at radius 2 is 1.60 bits per heavy atom. The summed E-state index contributed by atoms with van der Waals surface area (Å²) in [5, 5.41) is 3.61. The van der Waals surface area contributed by atoms with Crippen molar-refractivity contribution in [2.24, 2.45) is 0 Å². The average molecular weight is 267 g/mol. The van der Waals surface area contributed by atoms with Crippen LogP contribution in [0.5, 0.6) is 0 Å². The summed E-state index contributed by atoms with van der Waals surface area (Å²) in [6.07, 6.45) is 0. The molecule has 2 aromatic rings. The van der Waals surface area contributed by atoms with Crippen molar-refractivity contribution in [3.8, 4) is 0 Å². The molecule has 0 atom stereocenters. The smallest absolute Gasteiger partial charge is 0.0208 e. The van der Waals surface area contributed by atoms with Gasteiger partial charge in [0.2, 0.25) is 0 Å². The quantitative estimate of drug-likeness (QED) is 0.848. The number of nitrogens with one attached hydrogen (secondary N) is 1. The van der Waals surface area contributed by atoms with E-state index in [2.05, 4.69) is 81.5 Å². The lowest BCUT2D eigenvalue weighted by Gasteiger charge is -2.26. The van der Waals surface area contributed by atoms with Crippen LogP contribution in [0.2, 0.25) is 0 Å². The fraction of sp³-hybridized carbons (Fsp3) is 0.368. The van der Waals surface area contributed by atoms with Crippen LogP contribution in [-0.4, -0.2) is 6.54 Å². The number of benzene rings is 2. The van der Waals surface area contributed by atoms with E-state index in [0.717, 1.165) is 13.1 Å². The zero-order valence-electron chi connectivity index (χ0n) is 13.0. The normalized spacial score (nSPS) is 11.6. The molecule has 0 radical (unpaired) electrons. The first kappa shape index (κ1) is 14.8. The molecular weight excluding hydrogens is 242 g/mol. The van der Waals surface area contributed by atoms with Gasteiger partial charge < -0.3 is 5.32 Å². The van der Waals surface area contributed by atoms with Crippen LogP contribution in [-0.2, 0) is 12.0 Å². The molecule has 0 aromatic heterocycles. The lowest BCUT2D eigenvalue weighted by molar-refractivity contribution is 0.468. The molecule has 0 unspecified atom stereocenters. The highest BCUT2D eigenvalue weighted by atomic mass is 14.9. The Morgan fingerprint density at radius 3 is 2.30 bits per heavy atom. The van der Waals surface area contributed by atoms with Gasteiger partial charge in [0, 0.05) is 18.5 Å². The minimum atomic E-state index is 0.152. The molecule has 0 fully saturated rings. The van der Waals surface area contributed by atoms with E-state index in [9.17, 15) is 0 Å². The van der Waals surface area contributed by atoms with Crippen LogP contribution in [0, 0.1) is 13.8 Å². The van der Waals surface area contributed by atoms with E-state index in [1.807, 2.05) is 0 Å². The van der Waals surface area contributed by atoms with Gasteiger partial charge in [-0.1, -0.05) is 62.4 Å². The SMILES string of the molecule is Cc1cccc(CNCC(C)(C)c2ccccc2)c1C. The molecule has 0 aliphatic heterocycles.